The molecule has 1 fully saturated rings. The average Bonchev–Trinajstić information content (AvgIpc) is 3.29. The van der Waals surface area contributed by atoms with Crippen LogP contribution in [0.2, 0.25) is 0 Å². The number of aliphatic imine (C=N–C) groups is 1. The summed E-state index contributed by atoms with van der Waals surface area (Å²) >= 11 is 0. The highest BCUT2D eigenvalue weighted by Crippen LogP contribution is 2.23. The van der Waals surface area contributed by atoms with Gasteiger partial charge >= 0.3 is 0 Å². The summed E-state index contributed by atoms with van der Waals surface area (Å²) in [6, 6.07) is 18.5. The molecule has 5 nitrogen and oxygen atoms in total. The van der Waals surface area contributed by atoms with Gasteiger partial charge in [-0.2, -0.15) is 0 Å². The van der Waals surface area contributed by atoms with Gasteiger partial charge in [-0.15, -0.1) is 24.0 Å². The van der Waals surface area contributed by atoms with Crippen LogP contribution >= 0.6 is 24.0 Å². The first-order valence-electron chi connectivity index (χ1n) is 10.5. The first-order chi connectivity index (χ1) is 14.2. The van der Waals surface area contributed by atoms with Crippen LogP contribution in [0.25, 0.3) is 0 Å². The van der Waals surface area contributed by atoms with E-state index in [0.717, 1.165) is 30.5 Å². The zero-order chi connectivity index (χ0) is 20.5. The summed E-state index contributed by atoms with van der Waals surface area (Å²) in [6.07, 6.45) is 2.55. The number of rotatable bonds is 8. The van der Waals surface area contributed by atoms with Gasteiger partial charge in [-0.25, -0.2) is 0 Å². The van der Waals surface area contributed by atoms with Crippen molar-refractivity contribution in [2.45, 2.75) is 37.6 Å². The summed E-state index contributed by atoms with van der Waals surface area (Å²) in [5.74, 6) is 1.27. The maximum Gasteiger partial charge on any atom is 0.191 e. The van der Waals surface area contributed by atoms with Crippen LogP contribution in [0.3, 0.4) is 0 Å². The maximum atomic E-state index is 12.4. The molecule has 0 amide bonds. The SMILES string of the molecule is CCNC(=NCCS(=O)c1ccccc1)NC(C)c1cccc(N2CCCC2)c1.I. The third-order valence-electron chi connectivity index (χ3n) is 5.09. The lowest BCUT2D eigenvalue weighted by Crippen LogP contribution is -2.39. The Hall–Kier alpha value is -1.61. The molecule has 0 aliphatic carbocycles. The highest BCUT2D eigenvalue weighted by atomic mass is 127. The summed E-state index contributed by atoms with van der Waals surface area (Å²) in [6.45, 7) is 7.80. The van der Waals surface area contributed by atoms with Crippen LogP contribution in [-0.4, -0.2) is 42.1 Å². The molecule has 164 valence electrons. The van der Waals surface area contributed by atoms with Crippen molar-refractivity contribution >= 4 is 46.4 Å². The highest BCUT2D eigenvalue weighted by Gasteiger charge is 2.14. The molecular formula is C23H33IN4OS. The largest absolute Gasteiger partial charge is 0.372 e. The normalized spacial score (nSPS) is 15.9. The zero-order valence-electron chi connectivity index (χ0n) is 17.8. The van der Waals surface area contributed by atoms with Gasteiger partial charge < -0.3 is 15.5 Å². The molecule has 3 rings (SSSR count). The molecule has 0 spiro atoms. The van der Waals surface area contributed by atoms with E-state index in [-0.39, 0.29) is 30.0 Å². The molecule has 1 saturated heterocycles. The van der Waals surface area contributed by atoms with Crippen LogP contribution in [0, 0.1) is 0 Å². The number of nitrogens with one attached hydrogen (secondary N) is 2. The Morgan fingerprint density at radius 1 is 1.13 bits per heavy atom. The van der Waals surface area contributed by atoms with Crippen molar-refractivity contribution in [2.75, 3.05) is 36.8 Å². The molecule has 7 heteroatoms. The fraction of sp³-hybridized carbons (Fsp3) is 0.435. The zero-order valence-corrected chi connectivity index (χ0v) is 21.0. The molecule has 0 saturated carbocycles. The standard InChI is InChI=1S/C23H32N4OS.HI/c1-3-24-23(25-14-17-29(28)22-12-5-4-6-13-22)26-19(2)20-10-9-11-21(18-20)27-15-7-8-16-27;/h4-6,9-13,18-19H,3,7-8,14-17H2,1-2H3,(H2,24,25,26);1H. The lowest BCUT2D eigenvalue weighted by Gasteiger charge is -2.22. The van der Waals surface area contributed by atoms with Crippen LogP contribution < -0.4 is 15.5 Å². The molecule has 2 N–H and O–H groups in total. The Bertz CT molecular complexity index is 825. The lowest BCUT2D eigenvalue weighted by atomic mass is 10.1. The Balaban J connectivity index is 0.00000320. The van der Waals surface area contributed by atoms with E-state index in [0.29, 0.717) is 12.3 Å². The van der Waals surface area contributed by atoms with Crippen LogP contribution in [0.5, 0.6) is 0 Å². The first kappa shape index (κ1) is 24.7. The van der Waals surface area contributed by atoms with Gasteiger partial charge in [0.15, 0.2) is 5.96 Å². The van der Waals surface area contributed by atoms with Gasteiger partial charge in [-0.3, -0.25) is 9.20 Å². The van der Waals surface area contributed by atoms with Gasteiger partial charge in [0.1, 0.15) is 0 Å². The minimum absolute atomic E-state index is 0. The third kappa shape index (κ3) is 7.27. The fourth-order valence-corrected chi connectivity index (χ4v) is 4.46. The molecule has 2 aromatic rings. The Morgan fingerprint density at radius 2 is 1.87 bits per heavy atom. The third-order valence-corrected chi connectivity index (χ3v) is 6.44. The Kier molecular flexibility index (Phi) is 10.6. The molecule has 2 unspecified atom stereocenters. The van der Waals surface area contributed by atoms with Crippen molar-refractivity contribution < 1.29 is 4.21 Å². The lowest BCUT2D eigenvalue weighted by molar-refractivity contribution is 0.680. The van der Waals surface area contributed by atoms with E-state index in [1.165, 1.54) is 24.1 Å². The van der Waals surface area contributed by atoms with Crippen molar-refractivity contribution in [1.29, 1.82) is 0 Å². The molecule has 1 aliphatic heterocycles. The molecule has 30 heavy (non-hydrogen) atoms. The molecule has 2 atom stereocenters. The van der Waals surface area contributed by atoms with E-state index in [1.54, 1.807) is 0 Å². The topological polar surface area (TPSA) is 56.7 Å². The Morgan fingerprint density at radius 3 is 2.57 bits per heavy atom. The van der Waals surface area contributed by atoms with E-state index < -0.39 is 10.8 Å². The number of hydrogen-bond donors (Lipinski definition) is 2. The number of guanidine groups is 1. The number of anilines is 1. The molecule has 1 heterocycles. The smallest absolute Gasteiger partial charge is 0.191 e. The quantitative estimate of drug-likeness (QED) is 0.298. The second-order valence-corrected chi connectivity index (χ2v) is 8.85. The summed E-state index contributed by atoms with van der Waals surface area (Å²) in [4.78, 5) is 7.94. The van der Waals surface area contributed by atoms with Crippen molar-refractivity contribution in [1.82, 2.24) is 10.6 Å². The molecule has 2 aromatic carbocycles. The number of nitrogens with zero attached hydrogens (tertiary/aromatic N) is 2. The monoisotopic (exact) mass is 540 g/mol. The highest BCUT2D eigenvalue weighted by molar-refractivity contribution is 14.0. The fourth-order valence-electron chi connectivity index (χ4n) is 3.51. The van der Waals surface area contributed by atoms with Gasteiger partial charge in [0.25, 0.3) is 0 Å². The summed E-state index contributed by atoms with van der Waals surface area (Å²) in [7, 11) is -1.03. The van der Waals surface area contributed by atoms with E-state index in [4.69, 9.17) is 0 Å². The molecular weight excluding hydrogens is 507 g/mol. The second kappa shape index (κ2) is 12.9. The molecule has 1 aliphatic rings. The van der Waals surface area contributed by atoms with Crippen molar-refractivity contribution in [3.05, 3.63) is 60.2 Å². The van der Waals surface area contributed by atoms with Crippen LogP contribution in [0.15, 0.2) is 64.5 Å². The van der Waals surface area contributed by atoms with Gasteiger partial charge in [0, 0.05) is 36.0 Å². The first-order valence-corrected chi connectivity index (χ1v) is 11.8. The minimum Gasteiger partial charge on any atom is -0.372 e. The molecule has 0 aromatic heterocycles. The summed E-state index contributed by atoms with van der Waals surface area (Å²) < 4.78 is 12.4. The van der Waals surface area contributed by atoms with Gasteiger partial charge in [-0.1, -0.05) is 30.3 Å². The number of halogens is 1. The average molecular weight is 541 g/mol. The van der Waals surface area contributed by atoms with E-state index >= 15 is 0 Å². The van der Waals surface area contributed by atoms with Crippen molar-refractivity contribution in [2.24, 2.45) is 4.99 Å². The van der Waals surface area contributed by atoms with Crippen LogP contribution in [0.1, 0.15) is 38.3 Å². The van der Waals surface area contributed by atoms with Gasteiger partial charge in [0.2, 0.25) is 0 Å². The summed E-state index contributed by atoms with van der Waals surface area (Å²) in [5.41, 5.74) is 2.54. The van der Waals surface area contributed by atoms with Crippen LogP contribution in [-0.2, 0) is 10.8 Å². The Labute approximate surface area is 200 Å². The predicted octanol–water partition coefficient (Wildman–Crippen LogP) is 4.33. The van der Waals surface area contributed by atoms with Gasteiger partial charge in [0.05, 0.1) is 23.4 Å². The van der Waals surface area contributed by atoms with Crippen molar-refractivity contribution in [3.8, 4) is 0 Å². The summed E-state index contributed by atoms with van der Waals surface area (Å²) in [5, 5.41) is 6.78. The van der Waals surface area contributed by atoms with E-state index in [1.807, 2.05) is 30.3 Å². The van der Waals surface area contributed by atoms with E-state index in [9.17, 15) is 4.21 Å². The van der Waals surface area contributed by atoms with Crippen LogP contribution in [0.4, 0.5) is 5.69 Å². The second-order valence-electron chi connectivity index (χ2n) is 7.28. The number of benzene rings is 2. The predicted molar refractivity (Wildman–Crippen MR) is 139 cm³/mol. The molecule has 0 radical (unpaired) electrons. The minimum atomic E-state index is -1.03. The van der Waals surface area contributed by atoms with E-state index in [2.05, 4.69) is 58.6 Å². The number of hydrogen-bond acceptors (Lipinski definition) is 3. The van der Waals surface area contributed by atoms with Gasteiger partial charge in [-0.05, 0) is 56.5 Å². The van der Waals surface area contributed by atoms with Crippen molar-refractivity contribution in [3.63, 3.8) is 0 Å². The molecule has 0 bridgehead atoms. The maximum absolute atomic E-state index is 12.4.